The number of rotatable bonds is 0. The van der Waals surface area contributed by atoms with Crippen molar-refractivity contribution in [2.45, 2.75) is 32.6 Å². The van der Waals surface area contributed by atoms with Crippen molar-refractivity contribution >= 4 is 0 Å². The molecule has 44 valence electrons. The molecule has 0 heteroatoms. The lowest BCUT2D eigenvalue weighted by Gasteiger charge is -2.25. The number of allylic oxidation sites excluding steroid dienone is 2. The first-order valence-corrected chi connectivity index (χ1v) is 3.58. The first-order valence-electron chi connectivity index (χ1n) is 3.58. The third-order valence-electron chi connectivity index (χ3n) is 2.53. The number of hydrogen-bond donors (Lipinski definition) is 0. The zero-order valence-corrected chi connectivity index (χ0v) is 5.41. The van der Waals surface area contributed by atoms with Crippen molar-refractivity contribution in [1.29, 1.82) is 0 Å². The summed E-state index contributed by atoms with van der Waals surface area (Å²) in [5.74, 6) is 0.965. The number of hydrogen-bond acceptors (Lipinski definition) is 0. The summed E-state index contributed by atoms with van der Waals surface area (Å²) in [4.78, 5) is 0. The monoisotopic (exact) mass is 108 g/mol. The normalized spacial score (nSPS) is 34.9. The minimum absolute atomic E-state index is 0.965. The minimum atomic E-state index is 0.965. The van der Waals surface area contributed by atoms with Crippen LogP contribution in [0.5, 0.6) is 0 Å². The van der Waals surface area contributed by atoms with Gasteiger partial charge in [-0.25, -0.2) is 0 Å². The zero-order chi connectivity index (χ0) is 5.56. The van der Waals surface area contributed by atoms with Crippen molar-refractivity contribution in [2.75, 3.05) is 0 Å². The maximum Gasteiger partial charge on any atom is -0.0192 e. The van der Waals surface area contributed by atoms with Gasteiger partial charge in [-0.15, -0.1) is 0 Å². The van der Waals surface area contributed by atoms with Crippen LogP contribution in [0.3, 0.4) is 0 Å². The van der Waals surface area contributed by atoms with E-state index in [1.807, 2.05) is 5.57 Å². The van der Waals surface area contributed by atoms with Crippen LogP contribution in [-0.4, -0.2) is 0 Å². The van der Waals surface area contributed by atoms with Crippen LogP contribution in [0.25, 0.3) is 0 Å². The Morgan fingerprint density at radius 2 is 2.25 bits per heavy atom. The van der Waals surface area contributed by atoms with Gasteiger partial charge in [0.25, 0.3) is 0 Å². The molecule has 0 saturated heterocycles. The lowest BCUT2D eigenvalue weighted by molar-refractivity contribution is 0.583. The van der Waals surface area contributed by atoms with Gasteiger partial charge in [0.1, 0.15) is 0 Å². The summed E-state index contributed by atoms with van der Waals surface area (Å²) in [5, 5.41) is 0. The van der Waals surface area contributed by atoms with Gasteiger partial charge in [-0.05, 0) is 31.6 Å². The van der Waals surface area contributed by atoms with Gasteiger partial charge in [0.15, 0.2) is 0 Å². The minimum Gasteiger partial charge on any atom is -0.0701 e. The van der Waals surface area contributed by atoms with Crippen LogP contribution in [0, 0.1) is 5.92 Å². The van der Waals surface area contributed by atoms with Gasteiger partial charge in [-0.2, -0.15) is 0 Å². The molecule has 0 spiro atoms. The second-order valence-electron chi connectivity index (χ2n) is 3.09. The Labute approximate surface area is 50.6 Å². The average molecular weight is 108 g/mol. The van der Waals surface area contributed by atoms with E-state index >= 15 is 0 Å². The molecule has 0 heterocycles. The maximum absolute atomic E-state index is 2.35. The highest BCUT2D eigenvalue weighted by molar-refractivity contribution is 5.31. The molecule has 0 aromatic rings. The first-order chi connectivity index (χ1) is 3.88. The fourth-order valence-corrected chi connectivity index (χ4v) is 2.02. The van der Waals surface area contributed by atoms with Crippen LogP contribution >= 0.6 is 0 Å². The lowest BCUT2D eigenvalue weighted by atomic mass is 9.81. The third-order valence-corrected chi connectivity index (χ3v) is 2.53. The zero-order valence-electron chi connectivity index (χ0n) is 5.41. The molecule has 0 aliphatic heterocycles. The van der Waals surface area contributed by atoms with Crippen LogP contribution in [0.4, 0.5) is 0 Å². The highest BCUT2D eigenvalue weighted by Gasteiger charge is 2.28. The Balaban J connectivity index is 2.24. The summed E-state index contributed by atoms with van der Waals surface area (Å²) in [5.41, 5.74) is 3.61. The van der Waals surface area contributed by atoms with Crippen LogP contribution in [0.2, 0.25) is 0 Å². The second kappa shape index (κ2) is 1.37. The summed E-state index contributed by atoms with van der Waals surface area (Å²) in [7, 11) is 0. The molecule has 2 aliphatic carbocycles. The molecule has 2 rings (SSSR count). The van der Waals surface area contributed by atoms with Crippen molar-refractivity contribution in [3.05, 3.63) is 11.1 Å². The van der Waals surface area contributed by atoms with Gasteiger partial charge in [0, 0.05) is 0 Å². The van der Waals surface area contributed by atoms with Gasteiger partial charge in [0.2, 0.25) is 0 Å². The highest BCUT2D eigenvalue weighted by atomic mass is 14.3. The van der Waals surface area contributed by atoms with Crippen molar-refractivity contribution in [2.24, 2.45) is 5.92 Å². The topological polar surface area (TPSA) is 0 Å². The summed E-state index contributed by atoms with van der Waals surface area (Å²) in [6.45, 7) is 2.35. The van der Waals surface area contributed by atoms with Crippen molar-refractivity contribution in [1.82, 2.24) is 0 Å². The molecule has 0 aromatic heterocycles. The van der Waals surface area contributed by atoms with E-state index in [-0.39, 0.29) is 0 Å². The molecule has 0 fully saturated rings. The fourth-order valence-electron chi connectivity index (χ4n) is 2.02. The van der Waals surface area contributed by atoms with Gasteiger partial charge >= 0.3 is 0 Å². The molecule has 0 saturated carbocycles. The van der Waals surface area contributed by atoms with E-state index in [0.29, 0.717) is 0 Å². The van der Waals surface area contributed by atoms with Gasteiger partial charge < -0.3 is 0 Å². The predicted molar refractivity (Wildman–Crippen MR) is 34.7 cm³/mol. The molecule has 1 unspecified atom stereocenters. The first kappa shape index (κ1) is 4.60. The van der Waals surface area contributed by atoms with Crippen molar-refractivity contribution < 1.29 is 0 Å². The Kier molecular flexibility index (Phi) is 0.787. The SMILES string of the molecule is CC1CC2=C1CCC2. The summed E-state index contributed by atoms with van der Waals surface area (Å²) in [6, 6.07) is 0. The fraction of sp³-hybridized carbons (Fsp3) is 0.750. The molecule has 1 atom stereocenters. The van der Waals surface area contributed by atoms with Gasteiger partial charge in [0.05, 0.1) is 0 Å². The molecule has 0 amide bonds. The van der Waals surface area contributed by atoms with E-state index in [0.717, 1.165) is 5.92 Å². The Bertz CT molecular complexity index is 142. The molecule has 0 aromatic carbocycles. The lowest BCUT2D eigenvalue weighted by Crippen LogP contribution is -2.10. The summed E-state index contributed by atoms with van der Waals surface area (Å²) < 4.78 is 0. The molecule has 0 nitrogen and oxygen atoms in total. The molecular formula is C8H12. The second-order valence-corrected chi connectivity index (χ2v) is 3.09. The highest BCUT2D eigenvalue weighted by Crippen LogP contribution is 2.44. The molecule has 0 bridgehead atoms. The van der Waals surface area contributed by atoms with Gasteiger partial charge in [-0.1, -0.05) is 18.1 Å². The van der Waals surface area contributed by atoms with E-state index in [2.05, 4.69) is 6.92 Å². The molecule has 0 radical (unpaired) electrons. The summed E-state index contributed by atoms with van der Waals surface area (Å²) in [6.07, 6.45) is 5.74. The van der Waals surface area contributed by atoms with Crippen molar-refractivity contribution in [3.63, 3.8) is 0 Å². The molecule has 2 aliphatic rings. The average Bonchev–Trinajstić information content (AvgIpc) is 2.09. The molecule has 0 N–H and O–H groups in total. The Morgan fingerprint density at radius 1 is 1.38 bits per heavy atom. The third kappa shape index (κ3) is 0.410. The molecular weight excluding hydrogens is 96.1 g/mol. The van der Waals surface area contributed by atoms with Crippen molar-refractivity contribution in [3.8, 4) is 0 Å². The van der Waals surface area contributed by atoms with Crippen LogP contribution in [0.15, 0.2) is 11.1 Å². The van der Waals surface area contributed by atoms with Gasteiger partial charge in [-0.3, -0.25) is 0 Å². The maximum atomic E-state index is 2.35. The van der Waals surface area contributed by atoms with Crippen LogP contribution in [0.1, 0.15) is 32.6 Å². The van der Waals surface area contributed by atoms with E-state index in [1.54, 1.807) is 5.57 Å². The Morgan fingerprint density at radius 3 is 2.75 bits per heavy atom. The predicted octanol–water partition coefficient (Wildman–Crippen LogP) is 2.51. The quantitative estimate of drug-likeness (QED) is 0.418. The van der Waals surface area contributed by atoms with E-state index in [4.69, 9.17) is 0 Å². The van der Waals surface area contributed by atoms with Crippen LogP contribution in [-0.2, 0) is 0 Å². The summed E-state index contributed by atoms with van der Waals surface area (Å²) >= 11 is 0. The smallest absolute Gasteiger partial charge is 0.0192 e. The largest absolute Gasteiger partial charge is 0.0701 e. The standard InChI is InChI=1S/C8H12/c1-6-5-7-3-2-4-8(6)7/h6H,2-5H2,1H3. The van der Waals surface area contributed by atoms with E-state index in [9.17, 15) is 0 Å². The molecule has 8 heavy (non-hydrogen) atoms. The van der Waals surface area contributed by atoms with E-state index in [1.165, 1.54) is 25.7 Å². The van der Waals surface area contributed by atoms with Crippen LogP contribution < -0.4 is 0 Å². The van der Waals surface area contributed by atoms with E-state index < -0.39 is 0 Å². The Hall–Kier alpha value is -0.260.